The summed E-state index contributed by atoms with van der Waals surface area (Å²) in [6.45, 7) is 2.41. The van der Waals surface area contributed by atoms with E-state index in [0.717, 1.165) is 16.8 Å². The first kappa shape index (κ1) is 18.8. The third-order valence-corrected chi connectivity index (χ3v) is 5.04. The van der Waals surface area contributed by atoms with Crippen LogP contribution in [0.2, 0.25) is 0 Å². The molecule has 2 amide bonds. The minimum absolute atomic E-state index is 0.0399. The van der Waals surface area contributed by atoms with E-state index in [1.165, 1.54) is 0 Å². The first-order chi connectivity index (χ1) is 14.0. The van der Waals surface area contributed by atoms with Crippen LogP contribution >= 0.6 is 0 Å². The van der Waals surface area contributed by atoms with Gasteiger partial charge in [-0.15, -0.1) is 5.10 Å². The molecule has 3 aromatic rings. The predicted molar refractivity (Wildman–Crippen MR) is 107 cm³/mol. The zero-order chi connectivity index (χ0) is 20.4. The van der Waals surface area contributed by atoms with Crippen molar-refractivity contribution in [2.75, 3.05) is 25.0 Å². The van der Waals surface area contributed by atoms with Crippen molar-refractivity contribution in [2.45, 2.75) is 13.0 Å². The number of hydrogen-bond donors (Lipinski definition) is 2. The first-order valence-corrected chi connectivity index (χ1v) is 9.33. The van der Waals surface area contributed by atoms with Crippen LogP contribution in [0.4, 0.5) is 5.69 Å². The molecule has 1 fully saturated rings. The van der Waals surface area contributed by atoms with Crippen LogP contribution in [0.15, 0.2) is 54.7 Å². The van der Waals surface area contributed by atoms with E-state index in [4.69, 9.17) is 5.11 Å². The van der Waals surface area contributed by atoms with Crippen LogP contribution in [-0.2, 0) is 4.79 Å². The number of amides is 2. The lowest BCUT2D eigenvalue weighted by molar-refractivity contribution is -0.140. The van der Waals surface area contributed by atoms with Crippen LogP contribution in [0.1, 0.15) is 22.0 Å². The van der Waals surface area contributed by atoms with E-state index in [1.54, 1.807) is 9.58 Å². The highest BCUT2D eigenvalue weighted by molar-refractivity contribution is 6.05. The number of aryl methyl sites for hydroxylation is 1. The Morgan fingerprint density at radius 2 is 1.93 bits per heavy atom. The minimum atomic E-state index is -0.480. The SMILES string of the molecule is Cc1ccc(-c2cn(C3CN(C(=O)CO)C3)nn2)cc1C(=O)Nc1ccccc1. The molecule has 4 rings (SSSR count). The zero-order valence-corrected chi connectivity index (χ0v) is 15.9. The third kappa shape index (κ3) is 3.88. The Morgan fingerprint density at radius 3 is 2.66 bits per heavy atom. The van der Waals surface area contributed by atoms with Gasteiger partial charge in [0.05, 0.1) is 12.2 Å². The molecule has 2 N–H and O–H groups in total. The molecule has 0 radical (unpaired) electrons. The topological polar surface area (TPSA) is 100 Å². The molecular formula is C21H21N5O3. The summed E-state index contributed by atoms with van der Waals surface area (Å²) in [6.07, 6.45) is 1.81. The van der Waals surface area contributed by atoms with Gasteiger partial charge in [-0.2, -0.15) is 0 Å². The zero-order valence-electron chi connectivity index (χ0n) is 15.9. The molecule has 0 aliphatic carbocycles. The highest BCUT2D eigenvalue weighted by Crippen LogP contribution is 2.25. The summed E-state index contributed by atoms with van der Waals surface area (Å²) in [6, 6.07) is 15.0. The number of likely N-dealkylation sites (tertiary alicyclic amines) is 1. The maximum absolute atomic E-state index is 12.7. The highest BCUT2D eigenvalue weighted by Gasteiger charge is 2.32. The van der Waals surface area contributed by atoms with Crippen LogP contribution in [0.25, 0.3) is 11.3 Å². The normalized spacial score (nSPS) is 13.8. The monoisotopic (exact) mass is 391 g/mol. The van der Waals surface area contributed by atoms with Gasteiger partial charge in [0.15, 0.2) is 0 Å². The summed E-state index contributed by atoms with van der Waals surface area (Å²) in [5.74, 6) is -0.464. The van der Waals surface area contributed by atoms with Crippen molar-refractivity contribution < 1.29 is 14.7 Å². The molecule has 0 saturated carbocycles. The summed E-state index contributed by atoms with van der Waals surface area (Å²) < 4.78 is 1.72. The highest BCUT2D eigenvalue weighted by atomic mass is 16.3. The molecule has 2 aromatic carbocycles. The Labute approximate surface area is 167 Å². The molecule has 1 aromatic heterocycles. The molecular weight excluding hydrogens is 370 g/mol. The number of nitrogens with zero attached hydrogens (tertiary/aromatic N) is 4. The number of benzene rings is 2. The predicted octanol–water partition coefficient (Wildman–Crippen LogP) is 1.88. The Balaban J connectivity index is 1.50. The summed E-state index contributed by atoms with van der Waals surface area (Å²) in [4.78, 5) is 25.7. The Morgan fingerprint density at radius 1 is 1.17 bits per heavy atom. The Bertz CT molecular complexity index is 1040. The summed E-state index contributed by atoms with van der Waals surface area (Å²) in [7, 11) is 0. The van der Waals surface area contributed by atoms with Gasteiger partial charge in [-0.05, 0) is 30.7 Å². The fourth-order valence-electron chi connectivity index (χ4n) is 3.26. The molecule has 0 atom stereocenters. The molecule has 8 nitrogen and oxygen atoms in total. The van der Waals surface area contributed by atoms with E-state index >= 15 is 0 Å². The van der Waals surface area contributed by atoms with E-state index in [2.05, 4.69) is 15.6 Å². The van der Waals surface area contributed by atoms with E-state index < -0.39 is 6.61 Å². The molecule has 1 aliphatic heterocycles. The van der Waals surface area contributed by atoms with E-state index in [-0.39, 0.29) is 17.9 Å². The maximum atomic E-state index is 12.7. The molecule has 1 aliphatic rings. The Hall–Kier alpha value is -3.52. The van der Waals surface area contributed by atoms with Gasteiger partial charge in [-0.1, -0.05) is 35.5 Å². The van der Waals surface area contributed by atoms with Gasteiger partial charge < -0.3 is 15.3 Å². The first-order valence-electron chi connectivity index (χ1n) is 9.33. The van der Waals surface area contributed by atoms with Gasteiger partial charge >= 0.3 is 0 Å². The van der Waals surface area contributed by atoms with Gasteiger partial charge in [-0.3, -0.25) is 9.59 Å². The molecule has 2 heterocycles. The third-order valence-electron chi connectivity index (χ3n) is 5.04. The van der Waals surface area contributed by atoms with Crippen molar-refractivity contribution in [1.82, 2.24) is 19.9 Å². The maximum Gasteiger partial charge on any atom is 0.255 e. The lowest BCUT2D eigenvalue weighted by atomic mass is 10.0. The van der Waals surface area contributed by atoms with Crippen molar-refractivity contribution in [3.8, 4) is 11.3 Å². The second-order valence-electron chi connectivity index (χ2n) is 7.04. The molecule has 29 heavy (non-hydrogen) atoms. The van der Waals surface area contributed by atoms with Gasteiger partial charge in [0.2, 0.25) is 5.91 Å². The molecule has 1 saturated heterocycles. The number of anilines is 1. The molecule has 0 bridgehead atoms. The molecule has 0 unspecified atom stereocenters. The van der Waals surface area contributed by atoms with Crippen LogP contribution in [0, 0.1) is 6.92 Å². The lowest BCUT2D eigenvalue weighted by Gasteiger charge is -2.38. The standard InChI is InChI=1S/C21H21N5O3/c1-14-7-8-15(9-18(14)21(29)22-16-5-3-2-4-6-16)19-12-26(24-23-19)17-10-25(11-17)20(28)13-27/h2-9,12,17,27H,10-11,13H2,1H3,(H,22,29). The van der Waals surface area contributed by atoms with Gasteiger partial charge in [0.1, 0.15) is 12.3 Å². The quantitative estimate of drug-likeness (QED) is 0.692. The number of aliphatic hydroxyl groups excluding tert-OH is 1. The van der Waals surface area contributed by atoms with Gasteiger partial charge in [0.25, 0.3) is 5.91 Å². The number of hydrogen-bond acceptors (Lipinski definition) is 5. The second kappa shape index (κ2) is 7.84. The molecule has 0 spiro atoms. The van der Waals surface area contributed by atoms with Crippen molar-refractivity contribution in [3.63, 3.8) is 0 Å². The number of aromatic nitrogens is 3. The summed E-state index contributed by atoms with van der Waals surface area (Å²) in [5.41, 5.74) is 3.63. The van der Waals surface area contributed by atoms with Crippen LogP contribution < -0.4 is 5.32 Å². The number of rotatable bonds is 5. The smallest absolute Gasteiger partial charge is 0.255 e. The summed E-state index contributed by atoms with van der Waals surface area (Å²) in [5, 5.41) is 20.2. The van der Waals surface area contributed by atoms with E-state index in [9.17, 15) is 9.59 Å². The average Bonchev–Trinajstić information content (AvgIpc) is 3.17. The fraction of sp³-hybridized carbons (Fsp3) is 0.238. The number of nitrogens with one attached hydrogen (secondary N) is 1. The van der Waals surface area contributed by atoms with E-state index in [0.29, 0.717) is 24.3 Å². The molecule has 8 heteroatoms. The van der Waals surface area contributed by atoms with Crippen molar-refractivity contribution >= 4 is 17.5 Å². The fourth-order valence-corrected chi connectivity index (χ4v) is 3.26. The van der Waals surface area contributed by atoms with Gasteiger partial charge in [-0.25, -0.2) is 4.68 Å². The largest absolute Gasteiger partial charge is 0.387 e. The van der Waals surface area contributed by atoms with Crippen LogP contribution in [0.3, 0.4) is 0 Å². The van der Waals surface area contributed by atoms with Gasteiger partial charge in [0, 0.05) is 29.9 Å². The number of aliphatic hydroxyl groups is 1. The second-order valence-corrected chi connectivity index (χ2v) is 7.04. The van der Waals surface area contributed by atoms with Crippen LogP contribution in [0.5, 0.6) is 0 Å². The average molecular weight is 391 g/mol. The number of carbonyl (C=O) groups excluding carboxylic acids is 2. The van der Waals surface area contributed by atoms with Crippen molar-refractivity contribution in [2.24, 2.45) is 0 Å². The minimum Gasteiger partial charge on any atom is -0.387 e. The lowest BCUT2D eigenvalue weighted by Crippen LogP contribution is -2.51. The van der Waals surface area contributed by atoms with Crippen LogP contribution in [-0.4, -0.2) is 56.5 Å². The van der Waals surface area contributed by atoms with Crippen molar-refractivity contribution in [3.05, 3.63) is 65.9 Å². The number of carbonyl (C=O) groups is 2. The molecule has 148 valence electrons. The summed E-state index contributed by atoms with van der Waals surface area (Å²) >= 11 is 0. The Kier molecular flexibility index (Phi) is 5.09. The van der Waals surface area contributed by atoms with E-state index in [1.807, 2.05) is 61.7 Å². The number of para-hydroxylation sites is 1. The van der Waals surface area contributed by atoms with Crippen molar-refractivity contribution in [1.29, 1.82) is 0 Å².